The molecule has 0 bridgehead atoms. The number of rotatable bonds is 6. The number of ether oxygens (including phenoxy) is 1. The summed E-state index contributed by atoms with van der Waals surface area (Å²) in [5, 5.41) is 7.44. The molecule has 3 aromatic rings. The first-order chi connectivity index (χ1) is 11.6. The van der Waals surface area contributed by atoms with Gasteiger partial charge in [0.25, 0.3) is 0 Å². The van der Waals surface area contributed by atoms with Crippen LogP contribution < -0.4 is 10.6 Å². The number of benzene rings is 1. The Bertz CT molecular complexity index is 842. The molecule has 2 aromatic heterocycles. The Kier molecular flexibility index (Phi) is 4.88. The highest BCUT2D eigenvalue weighted by molar-refractivity contribution is 7.15. The van der Waals surface area contributed by atoms with Crippen molar-refractivity contribution in [1.29, 1.82) is 0 Å². The lowest BCUT2D eigenvalue weighted by molar-refractivity contribution is -0.119. The molecule has 24 heavy (non-hydrogen) atoms. The number of carbonyl (C=O) groups is 2. The monoisotopic (exact) mass is 344 g/mol. The van der Waals surface area contributed by atoms with E-state index in [1.165, 1.54) is 18.4 Å². The Balaban J connectivity index is 1.61. The van der Waals surface area contributed by atoms with Crippen molar-refractivity contribution in [2.24, 2.45) is 0 Å². The molecule has 0 radical (unpaired) electrons. The van der Waals surface area contributed by atoms with Gasteiger partial charge >= 0.3 is 0 Å². The zero-order chi connectivity index (χ0) is 16.9. The van der Waals surface area contributed by atoms with Gasteiger partial charge in [-0.3, -0.25) is 14.0 Å². The van der Waals surface area contributed by atoms with Crippen molar-refractivity contribution >= 4 is 39.5 Å². The Morgan fingerprint density at radius 3 is 2.71 bits per heavy atom. The maximum atomic E-state index is 12.2. The van der Waals surface area contributed by atoms with E-state index < -0.39 is 0 Å². The van der Waals surface area contributed by atoms with Crippen LogP contribution in [0.15, 0.2) is 42.0 Å². The molecule has 0 unspecified atom stereocenters. The highest BCUT2D eigenvalue weighted by Gasteiger charge is 2.09. The van der Waals surface area contributed by atoms with Gasteiger partial charge in [0, 0.05) is 36.3 Å². The molecule has 2 amide bonds. The summed E-state index contributed by atoms with van der Waals surface area (Å²) in [5.74, 6) is -0.417. The van der Waals surface area contributed by atoms with Gasteiger partial charge in [-0.05, 0) is 18.2 Å². The van der Waals surface area contributed by atoms with Crippen molar-refractivity contribution < 1.29 is 14.3 Å². The summed E-state index contributed by atoms with van der Waals surface area (Å²) in [6, 6.07) is 6.95. The molecule has 124 valence electrons. The van der Waals surface area contributed by atoms with Crippen LogP contribution in [-0.2, 0) is 20.7 Å². The molecule has 0 atom stereocenters. The minimum absolute atomic E-state index is 0.0198. The van der Waals surface area contributed by atoms with Crippen LogP contribution in [0.1, 0.15) is 5.69 Å². The van der Waals surface area contributed by atoms with Crippen molar-refractivity contribution in [1.82, 2.24) is 9.38 Å². The first-order valence-corrected chi connectivity index (χ1v) is 8.12. The Labute approximate surface area is 142 Å². The Morgan fingerprint density at radius 1 is 1.25 bits per heavy atom. The molecule has 0 fully saturated rings. The minimum Gasteiger partial charge on any atom is -0.375 e. The van der Waals surface area contributed by atoms with Crippen LogP contribution in [-0.4, -0.2) is 34.9 Å². The van der Waals surface area contributed by atoms with E-state index in [0.29, 0.717) is 17.1 Å². The van der Waals surface area contributed by atoms with Crippen molar-refractivity contribution in [3.63, 3.8) is 0 Å². The number of carbonyl (C=O) groups excluding carboxylic acids is 2. The van der Waals surface area contributed by atoms with E-state index in [0.717, 1.165) is 4.96 Å². The van der Waals surface area contributed by atoms with Gasteiger partial charge in [-0.15, -0.1) is 11.3 Å². The van der Waals surface area contributed by atoms with Gasteiger partial charge in [0.1, 0.15) is 6.61 Å². The van der Waals surface area contributed by atoms with Crippen LogP contribution in [0.4, 0.5) is 11.4 Å². The topological polar surface area (TPSA) is 84.7 Å². The third-order valence-electron chi connectivity index (χ3n) is 3.19. The number of hydrogen-bond acceptors (Lipinski definition) is 5. The zero-order valence-corrected chi connectivity index (χ0v) is 13.8. The van der Waals surface area contributed by atoms with E-state index in [1.54, 1.807) is 24.3 Å². The molecule has 0 saturated heterocycles. The number of anilines is 2. The smallest absolute Gasteiger partial charge is 0.250 e. The van der Waals surface area contributed by atoms with Gasteiger partial charge in [-0.1, -0.05) is 6.07 Å². The van der Waals surface area contributed by atoms with Gasteiger partial charge in [0.15, 0.2) is 4.96 Å². The second kappa shape index (κ2) is 7.24. The second-order valence-electron chi connectivity index (χ2n) is 5.11. The van der Waals surface area contributed by atoms with E-state index in [9.17, 15) is 9.59 Å². The van der Waals surface area contributed by atoms with Crippen LogP contribution in [0.5, 0.6) is 0 Å². The molecule has 2 heterocycles. The van der Waals surface area contributed by atoms with Crippen molar-refractivity contribution in [2.45, 2.75) is 6.42 Å². The summed E-state index contributed by atoms with van der Waals surface area (Å²) >= 11 is 1.52. The Hall–Kier alpha value is -2.71. The van der Waals surface area contributed by atoms with E-state index in [1.807, 2.05) is 22.2 Å². The van der Waals surface area contributed by atoms with Crippen LogP contribution in [0.25, 0.3) is 4.96 Å². The third kappa shape index (κ3) is 3.98. The van der Waals surface area contributed by atoms with Gasteiger partial charge < -0.3 is 15.4 Å². The summed E-state index contributed by atoms with van der Waals surface area (Å²) in [6.07, 6.45) is 3.93. The average molecular weight is 344 g/mol. The first kappa shape index (κ1) is 16.2. The van der Waals surface area contributed by atoms with E-state index in [4.69, 9.17) is 4.74 Å². The molecule has 7 nitrogen and oxygen atoms in total. The molecule has 2 N–H and O–H groups in total. The number of hydrogen-bond donors (Lipinski definition) is 2. The van der Waals surface area contributed by atoms with Gasteiger partial charge in [-0.2, -0.15) is 0 Å². The van der Waals surface area contributed by atoms with Crippen LogP contribution >= 0.6 is 11.3 Å². The molecule has 1 aromatic carbocycles. The van der Waals surface area contributed by atoms with Crippen molar-refractivity contribution in [3.05, 3.63) is 47.7 Å². The van der Waals surface area contributed by atoms with E-state index in [-0.39, 0.29) is 24.8 Å². The molecule has 3 rings (SSSR count). The molecule has 0 aliphatic heterocycles. The van der Waals surface area contributed by atoms with Gasteiger partial charge in [0.05, 0.1) is 12.1 Å². The summed E-state index contributed by atoms with van der Waals surface area (Å²) in [4.78, 5) is 28.9. The number of nitrogens with one attached hydrogen (secondary N) is 2. The van der Waals surface area contributed by atoms with Gasteiger partial charge in [-0.25, -0.2) is 4.98 Å². The van der Waals surface area contributed by atoms with Crippen LogP contribution in [0.2, 0.25) is 0 Å². The maximum Gasteiger partial charge on any atom is 0.250 e. The molecule has 8 heteroatoms. The fraction of sp³-hybridized carbons (Fsp3) is 0.188. The zero-order valence-electron chi connectivity index (χ0n) is 13.0. The van der Waals surface area contributed by atoms with Crippen LogP contribution in [0, 0.1) is 0 Å². The predicted octanol–water partition coefficient (Wildman–Crippen LogP) is 2.16. The third-order valence-corrected chi connectivity index (χ3v) is 3.96. The van der Waals surface area contributed by atoms with Crippen molar-refractivity contribution in [3.8, 4) is 0 Å². The fourth-order valence-corrected chi connectivity index (χ4v) is 2.95. The number of thiazole rings is 1. The highest BCUT2D eigenvalue weighted by atomic mass is 32.1. The molecule has 0 saturated carbocycles. The molecule has 0 aliphatic carbocycles. The molecule has 0 aliphatic rings. The first-order valence-electron chi connectivity index (χ1n) is 7.24. The normalized spacial score (nSPS) is 10.7. The number of amides is 2. The van der Waals surface area contributed by atoms with E-state index in [2.05, 4.69) is 15.6 Å². The number of imidazole rings is 1. The Morgan fingerprint density at radius 2 is 2.00 bits per heavy atom. The van der Waals surface area contributed by atoms with E-state index >= 15 is 0 Å². The maximum absolute atomic E-state index is 12.2. The lowest BCUT2D eigenvalue weighted by atomic mass is 10.2. The lowest BCUT2D eigenvalue weighted by Gasteiger charge is -2.08. The summed E-state index contributed by atoms with van der Waals surface area (Å²) in [7, 11) is 1.45. The highest BCUT2D eigenvalue weighted by Crippen LogP contribution is 2.16. The number of fused-ring (bicyclic) bond motifs is 1. The summed E-state index contributed by atoms with van der Waals surface area (Å²) < 4.78 is 6.65. The number of aromatic nitrogens is 2. The SMILES string of the molecule is COCC(=O)Nc1cccc(NC(=O)Cc2cn3ccsc3n2)c1. The van der Waals surface area contributed by atoms with Gasteiger partial charge in [0.2, 0.25) is 11.8 Å². The lowest BCUT2D eigenvalue weighted by Crippen LogP contribution is -2.18. The fourth-order valence-electron chi connectivity index (χ4n) is 2.23. The summed E-state index contributed by atoms with van der Waals surface area (Å²) in [6.45, 7) is -0.0198. The quantitative estimate of drug-likeness (QED) is 0.718. The second-order valence-corrected chi connectivity index (χ2v) is 5.99. The van der Waals surface area contributed by atoms with Crippen molar-refractivity contribution in [2.75, 3.05) is 24.4 Å². The molecular weight excluding hydrogens is 328 g/mol. The van der Waals surface area contributed by atoms with Crippen LogP contribution in [0.3, 0.4) is 0 Å². The minimum atomic E-state index is -0.251. The summed E-state index contributed by atoms with van der Waals surface area (Å²) in [5.41, 5.74) is 1.91. The predicted molar refractivity (Wildman–Crippen MR) is 92.4 cm³/mol. The molecule has 0 spiro atoms. The number of methoxy groups -OCH3 is 1. The standard InChI is InChI=1S/C16H16N4O3S/c1-23-10-15(22)18-12-4-2-3-11(7-12)17-14(21)8-13-9-20-5-6-24-16(20)19-13/h2-7,9H,8,10H2,1H3,(H,17,21)(H,18,22). The largest absolute Gasteiger partial charge is 0.375 e. The number of nitrogens with zero attached hydrogens (tertiary/aromatic N) is 2. The average Bonchev–Trinajstić information content (AvgIpc) is 3.08. The molecular formula is C16H16N4O3S.